The van der Waals surface area contributed by atoms with Gasteiger partial charge in [0.05, 0.1) is 23.8 Å². The van der Waals surface area contributed by atoms with Crippen LogP contribution in [-0.4, -0.2) is 12.6 Å². The number of hydrogen-bond acceptors (Lipinski definition) is 3. The number of halogens is 1. The van der Waals surface area contributed by atoms with Crippen LogP contribution < -0.4 is 0 Å². The van der Waals surface area contributed by atoms with Crippen LogP contribution in [0.4, 0.5) is 0 Å². The number of esters is 1. The standard InChI is InChI=1S/C9H11BrO3/c1-2-12-9(11)4-3-8-7(10)5-6-13-8/h5-6H,2-4H2,1H3. The van der Waals surface area contributed by atoms with Crippen molar-refractivity contribution in [2.45, 2.75) is 19.8 Å². The fourth-order valence-corrected chi connectivity index (χ4v) is 1.35. The Kier molecular flexibility index (Phi) is 4.02. The average molecular weight is 247 g/mol. The fraction of sp³-hybridized carbons (Fsp3) is 0.444. The molecule has 0 aliphatic heterocycles. The van der Waals surface area contributed by atoms with Crippen LogP contribution >= 0.6 is 15.9 Å². The summed E-state index contributed by atoms with van der Waals surface area (Å²) in [5, 5.41) is 0. The lowest BCUT2D eigenvalue weighted by atomic mass is 10.2. The normalized spacial score (nSPS) is 10.0. The third kappa shape index (κ3) is 3.22. The molecule has 0 unspecified atom stereocenters. The molecule has 1 aromatic rings. The maximum absolute atomic E-state index is 11.0. The molecule has 0 N–H and O–H groups in total. The maximum Gasteiger partial charge on any atom is 0.306 e. The Bertz CT molecular complexity index is 280. The summed E-state index contributed by atoms with van der Waals surface area (Å²) in [6.45, 7) is 2.22. The highest BCUT2D eigenvalue weighted by atomic mass is 79.9. The lowest BCUT2D eigenvalue weighted by molar-refractivity contribution is -0.143. The van der Waals surface area contributed by atoms with Gasteiger partial charge < -0.3 is 9.15 Å². The van der Waals surface area contributed by atoms with Gasteiger partial charge in [-0.3, -0.25) is 4.79 Å². The summed E-state index contributed by atoms with van der Waals surface area (Å²) in [5.41, 5.74) is 0. The van der Waals surface area contributed by atoms with E-state index in [0.717, 1.165) is 10.2 Å². The van der Waals surface area contributed by atoms with E-state index in [1.165, 1.54) is 0 Å². The number of furan rings is 1. The van der Waals surface area contributed by atoms with E-state index in [4.69, 9.17) is 9.15 Å². The molecule has 1 rings (SSSR count). The van der Waals surface area contributed by atoms with Gasteiger partial charge in [0.1, 0.15) is 5.76 Å². The first-order valence-corrected chi connectivity index (χ1v) is 4.90. The lowest BCUT2D eigenvalue weighted by Crippen LogP contribution is -2.04. The second-order valence-corrected chi connectivity index (χ2v) is 3.35. The number of carbonyl (C=O) groups is 1. The van der Waals surface area contributed by atoms with Crippen LogP contribution in [0.3, 0.4) is 0 Å². The molecule has 13 heavy (non-hydrogen) atoms. The summed E-state index contributed by atoms with van der Waals surface area (Å²) in [5.74, 6) is 0.596. The Morgan fingerprint density at radius 3 is 3.00 bits per heavy atom. The first kappa shape index (κ1) is 10.3. The molecular weight excluding hydrogens is 236 g/mol. The molecule has 0 amide bonds. The Hall–Kier alpha value is -0.770. The highest BCUT2D eigenvalue weighted by molar-refractivity contribution is 9.10. The average Bonchev–Trinajstić information content (AvgIpc) is 2.48. The largest absolute Gasteiger partial charge is 0.468 e. The van der Waals surface area contributed by atoms with Gasteiger partial charge in [-0.05, 0) is 28.9 Å². The number of hydrogen-bond donors (Lipinski definition) is 0. The zero-order valence-electron chi connectivity index (χ0n) is 7.38. The molecule has 0 atom stereocenters. The summed E-state index contributed by atoms with van der Waals surface area (Å²) < 4.78 is 10.8. The van der Waals surface area contributed by atoms with Gasteiger partial charge >= 0.3 is 5.97 Å². The van der Waals surface area contributed by atoms with Gasteiger partial charge in [-0.1, -0.05) is 0 Å². The highest BCUT2D eigenvalue weighted by Gasteiger charge is 2.07. The minimum absolute atomic E-state index is 0.189. The zero-order chi connectivity index (χ0) is 9.68. The van der Waals surface area contributed by atoms with E-state index in [0.29, 0.717) is 19.4 Å². The van der Waals surface area contributed by atoms with Crippen LogP contribution in [0.5, 0.6) is 0 Å². The van der Waals surface area contributed by atoms with E-state index in [-0.39, 0.29) is 5.97 Å². The summed E-state index contributed by atoms with van der Waals surface area (Å²) in [6.07, 6.45) is 2.52. The molecular formula is C9H11BrO3. The van der Waals surface area contributed by atoms with Gasteiger partial charge in [-0.2, -0.15) is 0 Å². The van der Waals surface area contributed by atoms with Gasteiger partial charge in [0.15, 0.2) is 0 Å². The first-order chi connectivity index (χ1) is 6.24. The van der Waals surface area contributed by atoms with Crippen molar-refractivity contribution in [3.63, 3.8) is 0 Å². The van der Waals surface area contributed by atoms with Crippen LogP contribution in [0.25, 0.3) is 0 Å². The number of ether oxygens (including phenoxy) is 1. The van der Waals surface area contributed by atoms with Crippen LogP contribution in [0, 0.1) is 0 Å². The molecule has 0 aliphatic carbocycles. The number of rotatable bonds is 4. The van der Waals surface area contributed by atoms with Crippen LogP contribution in [0.1, 0.15) is 19.1 Å². The minimum Gasteiger partial charge on any atom is -0.468 e. The Balaban J connectivity index is 2.35. The van der Waals surface area contributed by atoms with Gasteiger partial charge in [-0.25, -0.2) is 0 Å². The SMILES string of the molecule is CCOC(=O)CCc1occc1Br. The van der Waals surface area contributed by atoms with Crippen molar-refractivity contribution in [2.75, 3.05) is 6.61 Å². The van der Waals surface area contributed by atoms with Crippen LogP contribution in [0.15, 0.2) is 21.2 Å². The molecule has 3 nitrogen and oxygen atoms in total. The Morgan fingerprint density at radius 2 is 2.46 bits per heavy atom. The predicted octanol–water partition coefficient (Wildman–Crippen LogP) is 2.54. The highest BCUT2D eigenvalue weighted by Crippen LogP contribution is 2.18. The van der Waals surface area contributed by atoms with Gasteiger partial charge in [-0.15, -0.1) is 0 Å². The molecule has 0 aromatic carbocycles. The number of aryl methyl sites for hydroxylation is 1. The van der Waals surface area contributed by atoms with Crippen molar-refractivity contribution >= 4 is 21.9 Å². The summed E-state index contributed by atoms with van der Waals surface area (Å²) in [6, 6.07) is 1.81. The summed E-state index contributed by atoms with van der Waals surface area (Å²) >= 11 is 3.31. The van der Waals surface area contributed by atoms with Crippen LogP contribution in [-0.2, 0) is 16.0 Å². The van der Waals surface area contributed by atoms with Gasteiger partial charge in [0.2, 0.25) is 0 Å². The molecule has 0 fully saturated rings. The summed E-state index contributed by atoms with van der Waals surface area (Å²) in [4.78, 5) is 11.0. The van der Waals surface area contributed by atoms with Crippen molar-refractivity contribution in [1.82, 2.24) is 0 Å². The minimum atomic E-state index is -0.189. The Labute approximate surface area is 85.2 Å². The molecule has 4 heteroatoms. The molecule has 0 saturated heterocycles. The lowest BCUT2D eigenvalue weighted by Gasteiger charge is -1.99. The van der Waals surface area contributed by atoms with E-state index in [1.54, 1.807) is 19.3 Å². The van der Waals surface area contributed by atoms with Crippen LogP contribution in [0.2, 0.25) is 0 Å². The van der Waals surface area contributed by atoms with Crippen molar-refractivity contribution in [2.24, 2.45) is 0 Å². The molecule has 1 heterocycles. The molecule has 0 aliphatic rings. The zero-order valence-corrected chi connectivity index (χ0v) is 8.96. The fourth-order valence-electron chi connectivity index (χ4n) is 0.952. The smallest absolute Gasteiger partial charge is 0.306 e. The third-order valence-corrected chi connectivity index (χ3v) is 2.26. The Morgan fingerprint density at radius 1 is 1.69 bits per heavy atom. The molecule has 1 aromatic heterocycles. The second kappa shape index (κ2) is 5.07. The molecule has 0 saturated carbocycles. The number of carbonyl (C=O) groups excluding carboxylic acids is 1. The molecule has 0 radical (unpaired) electrons. The monoisotopic (exact) mass is 246 g/mol. The molecule has 0 bridgehead atoms. The predicted molar refractivity (Wildman–Crippen MR) is 51.4 cm³/mol. The van der Waals surface area contributed by atoms with Crippen molar-refractivity contribution < 1.29 is 13.9 Å². The second-order valence-electron chi connectivity index (χ2n) is 2.50. The van der Waals surface area contributed by atoms with E-state index >= 15 is 0 Å². The summed E-state index contributed by atoms with van der Waals surface area (Å²) in [7, 11) is 0. The third-order valence-electron chi connectivity index (χ3n) is 1.55. The molecule has 0 spiro atoms. The van der Waals surface area contributed by atoms with E-state index in [9.17, 15) is 4.79 Å². The van der Waals surface area contributed by atoms with Crippen molar-refractivity contribution in [1.29, 1.82) is 0 Å². The van der Waals surface area contributed by atoms with Crippen molar-refractivity contribution in [3.05, 3.63) is 22.6 Å². The van der Waals surface area contributed by atoms with E-state index < -0.39 is 0 Å². The first-order valence-electron chi connectivity index (χ1n) is 4.11. The topological polar surface area (TPSA) is 39.4 Å². The van der Waals surface area contributed by atoms with Gasteiger partial charge in [0.25, 0.3) is 0 Å². The van der Waals surface area contributed by atoms with E-state index in [2.05, 4.69) is 15.9 Å². The van der Waals surface area contributed by atoms with E-state index in [1.807, 2.05) is 0 Å². The quantitative estimate of drug-likeness (QED) is 0.767. The van der Waals surface area contributed by atoms with Crippen molar-refractivity contribution in [3.8, 4) is 0 Å². The maximum atomic E-state index is 11.0. The van der Waals surface area contributed by atoms with Gasteiger partial charge in [0, 0.05) is 6.42 Å². The molecule has 72 valence electrons.